The number of nitrogens with one attached hydrogen (secondary N) is 1. The average Bonchev–Trinajstić information content (AvgIpc) is 2.60. The summed E-state index contributed by atoms with van der Waals surface area (Å²) in [4.78, 5) is 12.1. The molecule has 0 heterocycles. The molecule has 0 spiro atoms. The van der Waals surface area contributed by atoms with Crippen LogP contribution in [0.25, 0.3) is 0 Å². The van der Waals surface area contributed by atoms with E-state index in [9.17, 15) is 4.79 Å². The van der Waals surface area contributed by atoms with Gasteiger partial charge in [-0.25, -0.2) is 5.43 Å². The van der Waals surface area contributed by atoms with Crippen LogP contribution in [0.5, 0.6) is 11.5 Å². The number of methoxy groups -OCH3 is 1. The number of carbonyl (C=O) groups is 1. The van der Waals surface area contributed by atoms with Crippen LogP contribution in [-0.2, 0) is 0 Å². The normalized spacial score (nSPS) is 10.5. The Morgan fingerprint density at radius 3 is 2.76 bits per heavy atom. The van der Waals surface area contributed by atoms with Gasteiger partial charge in [0.25, 0.3) is 5.91 Å². The van der Waals surface area contributed by atoms with Gasteiger partial charge in [-0.3, -0.25) is 4.79 Å². The van der Waals surface area contributed by atoms with E-state index in [0.29, 0.717) is 28.7 Å². The summed E-state index contributed by atoms with van der Waals surface area (Å²) in [5.74, 6) is 0.799. The Morgan fingerprint density at radius 1 is 1.28 bits per heavy atom. The second-order valence-corrected chi connectivity index (χ2v) is 5.60. The molecule has 0 unspecified atom stereocenters. The first kappa shape index (κ1) is 18.5. The van der Waals surface area contributed by atoms with Gasteiger partial charge in [0.2, 0.25) is 0 Å². The van der Waals surface area contributed by atoms with E-state index in [1.165, 1.54) is 6.21 Å². The molecule has 0 aliphatic rings. The number of halogens is 1. The Balaban J connectivity index is 2.06. The summed E-state index contributed by atoms with van der Waals surface area (Å²) in [6.45, 7) is 5.90. The smallest absolute Gasteiger partial charge is 0.272 e. The summed E-state index contributed by atoms with van der Waals surface area (Å²) in [5.41, 5.74) is 4.56. The number of hydrazone groups is 1. The zero-order valence-corrected chi connectivity index (χ0v) is 14.8. The van der Waals surface area contributed by atoms with Gasteiger partial charge in [-0.15, -0.1) is 0 Å². The fraction of sp³-hybridized carbons (Fsp3) is 0.158. The van der Waals surface area contributed by atoms with E-state index < -0.39 is 0 Å². The topological polar surface area (TPSA) is 59.9 Å². The maximum absolute atomic E-state index is 12.1. The van der Waals surface area contributed by atoms with Crippen LogP contribution in [0.1, 0.15) is 21.5 Å². The van der Waals surface area contributed by atoms with Crippen LogP contribution in [0.2, 0.25) is 5.02 Å². The fourth-order valence-electron chi connectivity index (χ4n) is 2.06. The largest absolute Gasteiger partial charge is 0.493 e. The Morgan fingerprint density at radius 2 is 2.08 bits per heavy atom. The van der Waals surface area contributed by atoms with E-state index in [-0.39, 0.29) is 5.91 Å². The minimum absolute atomic E-state index is 0.371. The molecule has 6 heteroatoms. The lowest BCUT2D eigenvalue weighted by molar-refractivity contribution is 0.0955. The number of hydrogen-bond donors (Lipinski definition) is 1. The standard InChI is InChI=1S/C19H19ClN2O3/c1-4-9-25-17-8-6-14(11-18(17)24-3)12-21-22-19(23)15-7-5-13(2)10-16(15)20/h4-8,10-12H,1,9H2,2-3H3,(H,22,23)/b21-12-. The molecule has 0 atom stereocenters. The molecule has 2 aromatic rings. The SMILES string of the molecule is C=CCOc1ccc(/C=N\NC(=O)c2ccc(C)cc2Cl)cc1OC. The molecule has 2 aromatic carbocycles. The van der Waals surface area contributed by atoms with E-state index >= 15 is 0 Å². The van der Waals surface area contributed by atoms with Crippen LogP contribution >= 0.6 is 11.6 Å². The Labute approximate surface area is 151 Å². The summed E-state index contributed by atoms with van der Waals surface area (Å²) in [7, 11) is 1.55. The number of benzene rings is 2. The van der Waals surface area contributed by atoms with E-state index in [0.717, 1.165) is 11.1 Å². The van der Waals surface area contributed by atoms with Crippen molar-refractivity contribution in [2.75, 3.05) is 13.7 Å². The molecule has 5 nitrogen and oxygen atoms in total. The number of amides is 1. The molecule has 0 bridgehead atoms. The van der Waals surface area contributed by atoms with Crippen molar-refractivity contribution in [1.82, 2.24) is 5.43 Å². The van der Waals surface area contributed by atoms with Gasteiger partial charge in [0, 0.05) is 0 Å². The summed E-state index contributed by atoms with van der Waals surface area (Å²) in [6, 6.07) is 10.5. The lowest BCUT2D eigenvalue weighted by atomic mass is 10.1. The van der Waals surface area contributed by atoms with Crippen LogP contribution in [-0.4, -0.2) is 25.8 Å². The number of rotatable bonds is 7. The molecule has 130 valence electrons. The van der Waals surface area contributed by atoms with Crippen LogP contribution in [0, 0.1) is 6.92 Å². The van der Waals surface area contributed by atoms with E-state index in [2.05, 4.69) is 17.1 Å². The van der Waals surface area contributed by atoms with Crippen LogP contribution in [0.3, 0.4) is 0 Å². The molecule has 0 radical (unpaired) electrons. The van der Waals surface area contributed by atoms with Gasteiger partial charge in [-0.1, -0.05) is 30.3 Å². The molecule has 1 N–H and O–H groups in total. The molecular weight excluding hydrogens is 340 g/mol. The number of ether oxygens (including phenoxy) is 2. The van der Waals surface area contributed by atoms with Crippen molar-refractivity contribution in [1.29, 1.82) is 0 Å². The quantitative estimate of drug-likeness (QED) is 0.462. The minimum atomic E-state index is -0.376. The third-order valence-corrected chi connectivity index (χ3v) is 3.61. The van der Waals surface area contributed by atoms with Crippen molar-refractivity contribution in [3.63, 3.8) is 0 Å². The zero-order valence-electron chi connectivity index (χ0n) is 14.1. The third-order valence-electron chi connectivity index (χ3n) is 3.29. The maximum Gasteiger partial charge on any atom is 0.272 e. The number of carbonyl (C=O) groups excluding carboxylic acids is 1. The summed E-state index contributed by atoms with van der Waals surface area (Å²) in [6.07, 6.45) is 3.17. The highest BCUT2D eigenvalue weighted by atomic mass is 35.5. The van der Waals surface area contributed by atoms with E-state index in [4.69, 9.17) is 21.1 Å². The molecule has 0 fully saturated rings. The lowest BCUT2D eigenvalue weighted by Gasteiger charge is -2.09. The number of aryl methyl sites for hydroxylation is 1. The van der Waals surface area contributed by atoms with Crippen molar-refractivity contribution >= 4 is 23.7 Å². The molecule has 0 saturated carbocycles. The van der Waals surface area contributed by atoms with Gasteiger partial charge in [-0.05, 0) is 48.4 Å². The summed E-state index contributed by atoms with van der Waals surface area (Å²) >= 11 is 6.07. The Bertz CT molecular complexity index is 803. The predicted octanol–water partition coefficient (Wildman–Crippen LogP) is 3.99. The van der Waals surface area contributed by atoms with Gasteiger partial charge < -0.3 is 9.47 Å². The van der Waals surface area contributed by atoms with Crippen LogP contribution in [0.15, 0.2) is 54.2 Å². The molecule has 2 rings (SSSR count). The third kappa shape index (κ3) is 5.09. The summed E-state index contributed by atoms with van der Waals surface area (Å²) < 4.78 is 10.8. The molecule has 0 aliphatic carbocycles. The second-order valence-electron chi connectivity index (χ2n) is 5.19. The van der Waals surface area contributed by atoms with Crippen LogP contribution in [0.4, 0.5) is 0 Å². The number of nitrogens with zero attached hydrogens (tertiary/aromatic N) is 1. The van der Waals surface area contributed by atoms with Gasteiger partial charge in [-0.2, -0.15) is 5.10 Å². The predicted molar refractivity (Wildman–Crippen MR) is 99.9 cm³/mol. The highest BCUT2D eigenvalue weighted by Gasteiger charge is 2.09. The van der Waals surface area contributed by atoms with Crippen molar-refractivity contribution in [2.45, 2.75) is 6.92 Å². The molecule has 1 amide bonds. The maximum atomic E-state index is 12.1. The average molecular weight is 359 g/mol. The Hall–Kier alpha value is -2.79. The molecule has 0 saturated heterocycles. The van der Waals surface area contributed by atoms with Crippen LogP contribution < -0.4 is 14.9 Å². The fourth-order valence-corrected chi connectivity index (χ4v) is 2.38. The van der Waals surface area contributed by atoms with Crippen molar-refractivity contribution < 1.29 is 14.3 Å². The van der Waals surface area contributed by atoms with Gasteiger partial charge >= 0.3 is 0 Å². The molecule has 25 heavy (non-hydrogen) atoms. The monoisotopic (exact) mass is 358 g/mol. The van der Waals surface area contributed by atoms with Crippen molar-refractivity contribution in [3.8, 4) is 11.5 Å². The molecular formula is C19H19ClN2O3. The van der Waals surface area contributed by atoms with Gasteiger partial charge in [0.15, 0.2) is 11.5 Å². The first-order valence-corrected chi connectivity index (χ1v) is 7.94. The van der Waals surface area contributed by atoms with Crippen molar-refractivity contribution in [3.05, 3.63) is 70.8 Å². The van der Waals surface area contributed by atoms with Gasteiger partial charge in [0.05, 0.1) is 23.9 Å². The summed E-state index contributed by atoms with van der Waals surface area (Å²) in [5, 5.41) is 4.34. The minimum Gasteiger partial charge on any atom is -0.493 e. The number of hydrogen-bond acceptors (Lipinski definition) is 4. The lowest BCUT2D eigenvalue weighted by Crippen LogP contribution is -2.18. The molecule has 0 aromatic heterocycles. The van der Waals surface area contributed by atoms with E-state index in [1.54, 1.807) is 43.5 Å². The first-order chi connectivity index (χ1) is 12.0. The first-order valence-electron chi connectivity index (χ1n) is 7.56. The van der Waals surface area contributed by atoms with E-state index in [1.807, 2.05) is 13.0 Å². The highest BCUT2D eigenvalue weighted by molar-refractivity contribution is 6.33. The second kappa shape index (κ2) is 8.89. The van der Waals surface area contributed by atoms with Crippen molar-refractivity contribution in [2.24, 2.45) is 5.10 Å². The highest BCUT2D eigenvalue weighted by Crippen LogP contribution is 2.27. The molecule has 0 aliphatic heterocycles. The Kier molecular flexibility index (Phi) is 6.60. The van der Waals surface area contributed by atoms with Gasteiger partial charge in [0.1, 0.15) is 6.61 Å². The zero-order chi connectivity index (χ0) is 18.2.